The molecule has 0 aliphatic carbocycles. The number of phenols is 1. The van der Waals surface area contributed by atoms with Crippen molar-refractivity contribution in [2.75, 3.05) is 0 Å². The molecule has 1 atom stereocenters. The highest BCUT2D eigenvalue weighted by Gasteiger charge is 2.22. The quantitative estimate of drug-likeness (QED) is 0.853. The van der Waals surface area contributed by atoms with Crippen molar-refractivity contribution in [1.29, 1.82) is 0 Å². The molecule has 0 aromatic heterocycles. The Morgan fingerprint density at radius 1 is 1.06 bits per heavy atom. The van der Waals surface area contributed by atoms with E-state index in [0.717, 1.165) is 18.6 Å². The maximum absolute atomic E-state index is 9.23. The molecule has 2 aromatic rings. The van der Waals surface area contributed by atoms with Crippen molar-refractivity contribution in [2.45, 2.75) is 18.9 Å². The highest BCUT2D eigenvalue weighted by molar-refractivity contribution is 5.38. The molecule has 0 amide bonds. The number of aromatic hydroxyl groups is 1. The second kappa shape index (κ2) is 4.13. The second-order valence-corrected chi connectivity index (χ2v) is 4.42. The van der Waals surface area contributed by atoms with E-state index in [1.165, 1.54) is 11.1 Å². The number of benzene rings is 2. The number of hydrogen-bond donors (Lipinski definition) is 1. The average molecular weight is 226 g/mol. The number of ether oxygens (including phenoxy) is 1. The van der Waals surface area contributed by atoms with E-state index in [-0.39, 0.29) is 6.10 Å². The first-order chi connectivity index (χ1) is 8.31. The zero-order chi connectivity index (χ0) is 11.7. The van der Waals surface area contributed by atoms with E-state index in [0.29, 0.717) is 5.75 Å². The second-order valence-electron chi connectivity index (χ2n) is 4.42. The lowest BCUT2D eigenvalue weighted by Gasteiger charge is -2.10. The topological polar surface area (TPSA) is 29.5 Å². The minimum absolute atomic E-state index is 0.219. The summed E-state index contributed by atoms with van der Waals surface area (Å²) in [7, 11) is 0. The first-order valence-corrected chi connectivity index (χ1v) is 5.84. The molecule has 0 fully saturated rings. The van der Waals surface area contributed by atoms with Crippen molar-refractivity contribution in [2.24, 2.45) is 0 Å². The minimum atomic E-state index is 0.219. The summed E-state index contributed by atoms with van der Waals surface area (Å²) < 4.78 is 5.88. The van der Waals surface area contributed by atoms with Crippen molar-refractivity contribution >= 4 is 0 Å². The van der Waals surface area contributed by atoms with Crippen LogP contribution < -0.4 is 4.74 Å². The largest absolute Gasteiger partial charge is 0.508 e. The molecule has 86 valence electrons. The Balaban J connectivity index is 1.71. The molecule has 0 saturated heterocycles. The van der Waals surface area contributed by atoms with Crippen LogP contribution >= 0.6 is 0 Å². The standard InChI is InChI=1S/C15H14O2/c16-13-7-5-11(6-8-13)9-14-10-12-3-1-2-4-15(12)17-14/h1-8,14,16H,9-10H2. The molecule has 0 saturated carbocycles. The number of hydrogen-bond acceptors (Lipinski definition) is 2. The first-order valence-electron chi connectivity index (χ1n) is 5.84. The number of rotatable bonds is 2. The van der Waals surface area contributed by atoms with Crippen LogP contribution in [0.15, 0.2) is 48.5 Å². The molecule has 1 heterocycles. The van der Waals surface area contributed by atoms with Gasteiger partial charge in [-0.2, -0.15) is 0 Å². The van der Waals surface area contributed by atoms with Gasteiger partial charge in [0.05, 0.1) is 0 Å². The van der Waals surface area contributed by atoms with Crippen LogP contribution in [0.4, 0.5) is 0 Å². The van der Waals surface area contributed by atoms with Gasteiger partial charge < -0.3 is 9.84 Å². The lowest BCUT2D eigenvalue weighted by Crippen LogP contribution is -2.16. The molecule has 2 heteroatoms. The molecule has 2 aromatic carbocycles. The van der Waals surface area contributed by atoms with Gasteiger partial charge in [0.1, 0.15) is 17.6 Å². The van der Waals surface area contributed by atoms with Crippen LogP contribution in [0.2, 0.25) is 0 Å². The predicted molar refractivity (Wildman–Crippen MR) is 66.4 cm³/mol. The lowest BCUT2D eigenvalue weighted by molar-refractivity contribution is 0.233. The van der Waals surface area contributed by atoms with E-state index in [2.05, 4.69) is 6.07 Å². The average Bonchev–Trinajstić information content (AvgIpc) is 2.74. The van der Waals surface area contributed by atoms with Gasteiger partial charge in [-0.25, -0.2) is 0 Å². The Morgan fingerprint density at radius 3 is 2.59 bits per heavy atom. The van der Waals surface area contributed by atoms with Crippen molar-refractivity contribution in [3.8, 4) is 11.5 Å². The fraction of sp³-hybridized carbons (Fsp3) is 0.200. The number of phenolic OH excluding ortho intramolecular Hbond substituents is 1. The normalized spacial score (nSPS) is 17.5. The van der Waals surface area contributed by atoms with Crippen LogP contribution in [0.5, 0.6) is 11.5 Å². The number of para-hydroxylation sites is 1. The summed E-state index contributed by atoms with van der Waals surface area (Å²) in [5, 5.41) is 9.23. The molecular weight excluding hydrogens is 212 g/mol. The molecule has 3 rings (SSSR count). The maximum Gasteiger partial charge on any atom is 0.123 e. The van der Waals surface area contributed by atoms with Crippen molar-refractivity contribution in [1.82, 2.24) is 0 Å². The summed E-state index contributed by atoms with van der Waals surface area (Å²) in [6, 6.07) is 15.5. The molecule has 1 N–H and O–H groups in total. The highest BCUT2D eigenvalue weighted by Crippen LogP contribution is 2.29. The maximum atomic E-state index is 9.23. The zero-order valence-corrected chi connectivity index (χ0v) is 9.47. The van der Waals surface area contributed by atoms with Gasteiger partial charge in [0.2, 0.25) is 0 Å². The fourth-order valence-electron chi connectivity index (χ4n) is 2.26. The third-order valence-corrected chi connectivity index (χ3v) is 3.11. The van der Waals surface area contributed by atoms with Gasteiger partial charge >= 0.3 is 0 Å². The molecular formula is C15H14O2. The monoisotopic (exact) mass is 226 g/mol. The predicted octanol–water partition coefficient (Wildman–Crippen LogP) is 2.94. The Kier molecular flexibility index (Phi) is 2.48. The fourth-order valence-corrected chi connectivity index (χ4v) is 2.26. The van der Waals surface area contributed by atoms with Gasteiger partial charge in [-0.1, -0.05) is 30.3 Å². The lowest BCUT2D eigenvalue weighted by atomic mass is 10.0. The van der Waals surface area contributed by atoms with Crippen LogP contribution in [-0.2, 0) is 12.8 Å². The third kappa shape index (κ3) is 2.11. The van der Waals surface area contributed by atoms with Crippen molar-refractivity contribution < 1.29 is 9.84 Å². The minimum Gasteiger partial charge on any atom is -0.508 e. The van der Waals surface area contributed by atoms with Gasteiger partial charge in [-0.3, -0.25) is 0 Å². The van der Waals surface area contributed by atoms with Crippen LogP contribution in [0.25, 0.3) is 0 Å². The SMILES string of the molecule is Oc1ccc(CC2Cc3ccccc3O2)cc1. The first kappa shape index (κ1) is 10.2. The van der Waals surface area contributed by atoms with Crippen LogP contribution in [-0.4, -0.2) is 11.2 Å². The molecule has 2 nitrogen and oxygen atoms in total. The van der Waals surface area contributed by atoms with Crippen LogP contribution in [0.1, 0.15) is 11.1 Å². The Labute approximate surface area is 100 Å². The van der Waals surface area contributed by atoms with E-state index in [1.54, 1.807) is 12.1 Å². The van der Waals surface area contributed by atoms with Crippen LogP contribution in [0.3, 0.4) is 0 Å². The smallest absolute Gasteiger partial charge is 0.123 e. The molecule has 0 radical (unpaired) electrons. The van der Waals surface area contributed by atoms with Crippen molar-refractivity contribution in [3.63, 3.8) is 0 Å². The van der Waals surface area contributed by atoms with Gasteiger partial charge in [0.15, 0.2) is 0 Å². The Hall–Kier alpha value is -1.96. The Bertz CT molecular complexity index is 492. The van der Waals surface area contributed by atoms with E-state index < -0.39 is 0 Å². The van der Waals surface area contributed by atoms with Crippen molar-refractivity contribution in [3.05, 3.63) is 59.7 Å². The van der Waals surface area contributed by atoms with Crippen LogP contribution in [0, 0.1) is 0 Å². The van der Waals surface area contributed by atoms with Gasteiger partial charge in [-0.15, -0.1) is 0 Å². The molecule has 1 aliphatic heterocycles. The Morgan fingerprint density at radius 2 is 1.82 bits per heavy atom. The van der Waals surface area contributed by atoms with Gasteiger partial charge in [0.25, 0.3) is 0 Å². The van der Waals surface area contributed by atoms with E-state index in [9.17, 15) is 5.11 Å². The van der Waals surface area contributed by atoms with E-state index >= 15 is 0 Å². The summed E-state index contributed by atoms with van der Waals surface area (Å²) in [6.45, 7) is 0. The highest BCUT2D eigenvalue weighted by atomic mass is 16.5. The summed E-state index contributed by atoms with van der Waals surface area (Å²) in [5.41, 5.74) is 2.48. The number of fused-ring (bicyclic) bond motifs is 1. The third-order valence-electron chi connectivity index (χ3n) is 3.11. The molecule has 1 unspecified atom stereocenters. The van der Waals surface area contributed by atoms with Gasteiger partial charge in [0, 0.05) is 12.8 Å². The zero-order valence-electron chi connectivity index (χ0n) is 9.47. The molecule has 17 heavy (non-hydrogen) atoms. The van der Waals surface area contributed by atoms with Gasteiger partial charge in [-0.05, 0) is 29.3 Å². The molecule has 0 spiro atoms. The molecule has 1 aliphatic rings. The summed E-state index contributed by atoms with van der Waals surface area (Å²) in [6.07, 6.45) is 2.07. The summed E-state index contributed by atoms with van der Waals surface area (Å²) >= 11 is 0. The van der Waals surface area contributed by atoms with E-state index in [4.69, 9.17) is 4.74 Å². The summed E-state index contributed by atoms with van der Waals surface area (Å²) in [5.74, 6) is 1.32. The summed E-state index contributed by atoms with van der Waals surface area (Å²) in [4.78, 5) is 0. The molecule has 0 bridgehead atoms. The van der Waals surface area contributed by atoms with E-state index in [1.807, 2.05) is 30.3 Å².